The van der Waals surface area contributed by atoms with Gasteiger partial charge in [0, 0.05) is 124 Å². The predicted molar refractivity (Wildman–Crippen MR) is 519 cm³/mol. The van der Waals surface area contributed by atoms with E-state index in [0.717, 1.165) is 112 Å². The fourth-order valence-electron chi connectivity index (χ4n) is 19.1. The summed E-state index contributed by atoms with van der Waals surface area (Å²) in [6, 6.07) is 126. The number of benzene rings is 15. The molecular formula is C113H71F4N13. The van der Waals surface area contributed by atoms with E-state index >= 15 is 0 Å². The van der Waals surface area contributed by atoms with Crippen LogP contribution in [0.3, 0.4) is 0 Å². The van der Waals surface area contributed by atoms with Crippen LogP contribution in [0, 0.1) is 23.3 Å². The smallest absolute Gasteiger partial charge is 0.234 e. The average molecular weight is 1690 g/mol. The highest BCUT2D eigenvalue weighted by molar-refractivity contribution is 6.15. The molecule has 0 aliphatic rings. The molecule has 616 valence electrons. The molecule has 0 unspecified atom stereocenters. The van der Waals surface area contributed by atoms with Crippen molar-refractivity contribution in [3.05, 3.63) is 455 Å². The minimum absolute atomic E-state index is 0.337. The zero-order valence-electron chi connectivity index (χ0n) is 69.3. The van der Waals surface area contributed by atoms with E-state index in [1.807, 2.05) is 101 Å². The molecule has 0 spiro atoms. The predicted octanol–water partition coefficient (Wildman–Crippen LogP) is 28.4. The van der Waals surface area contributed by atoms with Crippen LogP contribution in [0.1, 0.15) is 0 Å². The Kier molecular flexibility index (Phi) is 18.3. The highest BCUT2D eigenvalue weighted by Crippen LogP contribution is 2.43. The first-order chi connectivity index (χ1) is 64.1. The van der Waals surface area contributed by atoms with Crippen LogP contribution in [-0.4, -0.2) is 61.1 Å². The normalized spacial score (nSPS) is 11.7. The number of fused-ring (bicyclic) bond motifs is 20. The Hall–Kier alpha value is -17.6. The lowest BCUT2D eigenvalue weighted by Crippen LogP contribution is -2.00. The molecule has 12 aromatic heterocycles. The third kappa shape index (κ3) is 12.9. The van der Waals surface area contributed by atoms with Gasteiger partial charge in [-0.25, -0.2) is 37.5 Å². The summed E-state index contributed by atoms with van der Waals surface area (Å²) in [7, 11) is 0. The first-order valence-electron chi connectivity index (χ1n) is 42.8. The van der Waals surface area contributed by atoms with Crippen molar-refractivity contribution in [3.63, 3.8) is 0 Å². The van der Waals surface area contributed by atoms with Crippen LogP contribution in [0.25, 0.3) is 210 Å². The zero-order chi connectivity index (χ0) is 86.6. The summed E-state index contributed by atoms with van der Waals surface area (Å²) >= 11 is 0. The van der Waals surface area contributed by atoms with Crippen LogP contribution in [0.2, 0.25) is 0 Å². The maximum absolute atomic E-state index is 14.1. The molecule has 0 radical (unpaired) electrons. The fraction of sp³-hybridized carbons (Fsp3) is 0. The van der Waals surface area contributed by atoms with Gasteiger partial charge in [0.2, 0.25) is 5.95 Å². The van der Waals surface area contributed by atoms with E-state index in [1.165, 1.54) is 114 Å². The van der Waals surface area contributed by atoms with E-state index in [2.05, 4.69) is 299 Å². The maximum Gasteiger partial charge on any atom is 0.234 e. The molecule has 12 heterocycles. The van der Waals surface area contributed by atoms with Crippen molar-refractivity contribution in [1.82, 2.24) is 61.1 Å². The lowest BCUT2D eigenvalue weighted by atomic mass is 10.1. The van der Waals surface area contributed by atoms with Crippen LogP contribution < -0.4 is 0 Å². The summed E-state index contributed by atoms with van der Waals surface area (Å²) < 4.78 is 72.6. The molecule has 0 aliphatic carbocycles. The summed E-state index contributed by atoms with van der Waals surface area (Å²) in [6.45, 7) is 0. The third-order valence-electron chi connectivity index (χ3n) is 24.8. The Bertz CT molecular complexity index is 8120. The van der Waals surface area contributed by atoms with Gasteiger partial charge in [0.15, 0.2) is 11.6 Å². The van der Waals surface area contributed by atoms with Crippen molar-refractivity contribution >= 4 is 142 Å². The monoisotopic (exact) mass is 1690 g/mol. The van der Waals surface area contributed by atoms with Crippen molar-refractivity contribution in [2.45, 2.75) is 0 Å². The van der Waals surface area contributed by atoms with E-state index in [-0.39, 0.29) is 23.3 Å². The summed E-state index contributed by atoms with van der Waals surface area (Å²) in [5, 5.41) is 12.6. The van der Waals surface area contributed by atoms with Crippen molar-refractivity contribution in [2.75, 3.05) is 0 Å². The second kappa shape index (κ2) is 31.3. The van der Waals surface area contributed by atoms with Crippen LogP contribution in [0.4, 0.5) is 17.6 Å². The highest BCUT2D eigenvalue weighted by atomic mass is 19.1. The van der Waals surface area contributed by atoms with Crippen LogP contribution in [0.5, 0.6) is 0 Å². The van der Waals surface area contributed by atoms with Gasteiger partial charge in [-0.3, -0.25) is 18.7 Å². The van der Waals surface area contributed by atoms with Gasteiger partial charge < -0.3 is 22.5 Å². The summed E-state index contributed by atoms with van der Waals surface area (Å²) in [5.41, 5.74) is 23.8. The molecule has 0 amide bonds. The standard InChI is InChI=1S/2C34H22N4.C26H16F2N2.C19H11F2N3/c1-5-13-30-26(9-1)27-10-2-6-14-31(27)37(30)25-19-17-23(18-20-25)24-21-35-34(36-22-24)38-32-15-7-3-11-28(32)29-12-4-8-16-33(29)38;1-5-13-30-25(9-1)26-10-2-6-14-31(26)37(30)24-19-17-23(18-20-24)29-21-36-34(22-35-29)38-32-15-7-3-11-27(32)28-12-4-8-16-33(28)38;27-18-9-11-22-20(14-18)21-15-19(28)10-12-23(21)30(22)25-16-29-13-5-4-8-24(29)26(25)17-6-2-1-3-7-17;20-12-4-6-16-14(9-12)15-10-13(21)5-7-17(15)24(16)19-11-23-8-2-1-3-18(23)22-19/h2*1-22H;1-16H;1-11H. The Morgan fingerprint density at radius 2 is 0.554 bits per heavy atom. The van der Waals surface area contributed by atoms with E-state index in [1.54, 1.807) is 24.3 Å². The second-order valence-electron chi connectivity index (χ2n) is 32.2. The highest BCUT2D eigenvalue weighted by Gasteiger charge is 2.24. The van der Waals surface area contributed by atoms with E-state index in [4.69, 9.17) is 19.9 Å². The number of aromatic nitrogens is 13. The lowest BCUT2D eigenvalue weighted by Gasteiger charge is -2.10. The Morgan fingerprint density at radius 1 is 0.208 bits per heavy atom. The quantitative estimate of drug-likeness (QED) is 0.134. The molecule has 0 saturated heterocycles. The summed E-state index contributed by atoms with van der Waals surface area (Å²) in [5.74, 6) is 0.828. The van der Waals surface area contributed by atoms with Crippen LogP contribution >= 0.6 is 0 Å². The van der Waals surface area contributed by atoms with Crippen LogP contribution in [0.15, 0.2) is 432 Å². The Morgan fingerprint density at radius 3 is 0.969 bits per heavy atom. The third-order valence-corrected chi connectivity index (χ3v) is 24.8. The molecule has 17 heteroatoms. The van der Waals surface area contributed by atoms with Crippen LogP contribution in [-0.2, 0) is 0 Å². The first kappa shape index (κ1) is 76.1. The SMILES string of the molecule is Fc1ccc2c(c1)c1cc(F)ccc1n2-c1cn2ccccc2c1-c1ccccc1.Fc1ccc2c(c1)c1cc(F)ccc1n2-c1cn2ccccc2n1.c1ccc2c(c1)c1ccccc1n2-c1ccc(-c2cnc(-n3c4ccccc4c4ccccc43)cn2)cc1.c1ccc2c(c1)c1ccccc1n2-c1ccc(-c2cnc(-n3c4ccccc4c4ccccc43)nc2)cc1. The van der Waals surface area contributed by atoms with Crippen molar-refractivity contribution in [2.24, 2.45) is 0 Å². The molecule has 0 aliphatic heterocycles. The van der Waals surface area contributed by atoms with E-state index in [0.29, 0.717) is 33.3 Å². The van der Waals surface area contributed by atoms with Gasteiger partial charge in [-0.15, -0.1) is 0 Å². The number of imidazole rings is 1. The molecule has 0 saturated carbocycles. The largest absolute Gasteiger partial charge is 0.321 e. The summed E-state index contributed by atoms with van der Waals surface area (Å²) in [4.78, 5) is 23.9. The molecule has 130 heavy (non-hydrogen) atoms. The number of nitrogens with zero attached hydrogens (tertiary/aromatic N) is 13. The molecule has 27 aromatic rings. The number of hydrogen-bond acceptors (Lipinski definition) is 5. The van der Waals surface area contributed by atoms with Gasteiger partial charge >= 0.3 is 0 Å². The minimum atomic E-state index is -0.346. The molecule has 15 aromatic carbocycles. The molecule has 0 atom stereocenters. The number of rotatable bonds is 9. The molecule has 0 N–H and O–H groups in total. The Labute approximate surface area is 739 Å². The maximum atomic E-state index is 14.1. The fourth-order valence-corrected chi connectivity index (χ4v) is 19.1. The van der Waals surface area contributed by atoms with Gasteiger partial charge in [-0.2, -0.15) is 0 Å². The molecule has 0 bridgehead atoms. The molecular weight excluding hydrogens is 1620 g/mol. The van der Waals surface area contributed by atoms with Gasteiger partial charge in [-0.1, -0.05) is 212 Å². The van der Waals surface area contributed by atoms with Gasteiger partial charge in [0.05, 0.1) is 102 Å². The number of hydrogen-bond donors (Lipinski definition) is 0. The molecule has 13 nitrogen and oxygen atoms in total. The van der Waals surface area contributed by atoms with Crippen molar-refractivity contribution in [3.8, 4) is 68.2 Å². The summed E-state index contributed by atoms with van der Waals surface area (Å²) in [6.07, 6.45) is 15.5. The number of halogens is 4. The zero-order valence-corrected chi connectivity index (χ0v) is 69.3. The van der Waals surface area contributed by atoms with Gasteiger partial charge in [0.25, 0.3) is 0 Å². The Balaban J connectivity index is 0.0000000975. The first-order valence-corrected chi connectivity index (χ1v) is 42.8. The number of pyridine rings is 2. The molecule has 27 rings (SSSR count). The van der Waals surface area contributed by atoms with E-state index < -0.39 is 0 Å². The lowest BCUT2D eigenvalue weighted by molar-refractivity contribution is 0.628. The topological polar surface area (TPSA) is 103 Å². The number of para-hydroxylation sites is 8. The van der Waals surface area contributed by atoms with E-state index in [9.17, 15) is 17.6 Å². The second-order valence-corrected chi connectivity index (χ2v) is 32.2. The van der Waals surface area contributed by atoms with Crippen molar-refractivity contribution in [1.29, 1.82) is 0 Å². The van der Waals surface area contributed by atoms with Gasteiger partial charge in [0.1, 0.15) is 28.9 Å². The molecule has 0 fully saturated rings. The van der Waals surface area contributed by atoms with Crippen molar-refractivity contribution < 1.29 is 17.6 Å². The van der Waals surface area contributed by atoms with Gasteiger partial charge in [-0.05, 0) is 181 Å². The average Bonchev–Trinajstić information content (AvgIpc) is 1.57. The minimum Gasteiger partial charge on any atom is -0.321 e.